The number of amides is 1. The number of ether oxygens (including phenoxy) is 1. The number of unbranched alkanes of at least 4 members (excludes halogenated alkanes) is 1. The van der Waals surface area contributed by atoms with Crippen molar-refractivity contribution < 1.29 is 9.53 Å². The van der Waals surface area contributed by atoms with Crippen LogP contribution in [0.5, 0.6) is 5.75 Å². The molecule has 5 heteroatoms. The number of benzene rings is 2. The molecule has 1 amide bonds. The standard InChI is InChI=1S/C23H26N2O2S/c1-18-17-28-23(25-18)13-7-8-14-24-22(26)16-27-21-12-6-5-11-20(21)15-19-9-3-2-4-10-19/h2-6,9-12,17H,7-8,13-16H2,1H3,(H,24,26). The van der Waals surface area contributed by atoms with E-state index in [-0.39, 0.29) is 12.5 Å². The molecule has 4 nitrogen and oxygen atoms in total. The van der Waals surface area contributed by atoms with Crippen molar-refractivity contribution in [3.05, 3.63) is 81.8 Å². The van der Waals surface area contributed by atoms with E-state index in [1.165, 1.54) is 10.6 Å². The molecule has 3 aromatic rings. The fraction of sp³-hybridized carbons (Fsp3) is 0.304. The van der Waals surface area contributed by atoms with Crippen molar-refractivity contribution in [1.82, 2.24) is 10.3 Å². The summed E-state index contributed by atoms with van der Waals surface area (Å²) in [6.45, 7) is 2.72. The summed E-state index contributed by atoms with van der Waals surface area (Å²) in [5, 5.41) is 6.17. The number of hydrogen-bond donors (Lipinski definition) is 1. The van der Waals surface area contributed by atoms with Crippen LogP contribution in [-0.2, 0) is 17.6 Å². The molecule has 0 saturated carbocycles. The molecular weight excluding hydrogens is 368 g/mol. The van der Waals surface area contributed by atoms with Crippen molar-refractivity contribution in [3.63, 3.8) is 0 Å². The molecule has 0 aliphatic rings. The zero-order valence-electron chi connectivity index (χ0n) is 16.2. The molecule has 0 radical (unpaired) electrons. The van der Waals surface area contributed by atoms with Crippen LogP contribution in [0.25, 0.3) is 0 Å². The molecule has 1 N–H and O–H groups in total. The maximum atomic E-state index is 12.1. The third-order valence-electron chi connectivity index (χ3n) is 4.37. The molecule has 1 aromatic heterocycles. The predicted octanol–water partition coefficient (Wildman–Crippen LogP) is 4.56. The minimum atomic E-state index is -0.0837. The Morgan fingerprint density at radius 3 is 2.64 bits per heavy atom. The Hall–Kier alpha value is -2.66. The fourth-order valence-electron chi connectivity index (χ4n) is 2.95. The quantitative estimate of drug-likeness (QED) is 0.513. The van der Waals surface area contributed by atoms with Gasteiger partial charge in [0.25, 0.3) is 5.91 Å². The molecule has 2 aromatic carbocycles. The molecule has 0 saturated heterocycles. The van der Waals surface area contributed by atoms with Gasteiger partial charge in [-0.15, -0.1) is 11.3 Å². The molecule has 0 fully saturated rings. The van der Waals surface area contributed by atoms with Gasteiger partial charge < -0.3 is 10.1 Å². The Morgan fingerprint density at radius 2 is 1.86 bits per heavy atom. The van der Waals surface area contributed by atoms with Crippen LogP contribution >= 0.6 is 11.3 Å². The van der Waals surface area contributed by atoms with E-state index in [0.29, 0.717) is 6.54 Å². The molecule has 0 aliphatic carbocycles. The van der Waals surface area contributed by atoms with E-state index < -0.39 is 0 Å². The highest BCUT2D eigenvalue weighted by Crippen LogP contribution is 2.21. The summed E-state index contributed by atoms with van der Waals surface area (Å²) in [5.74, 6) is 0.681. The second-order valence-corrected chi connectivity index (χ2v) is 7.69. The predicted molar refractivity (Wildman–Crippen MR) is 114 cm³/mol. The second kappa shape index (κ2) is 10.6. The van der Waals surface area contributed by atoms with Gasteiger partial charge in [-0.1, -0.05) is 48.5 Å². The van der Waals surface area contributed by atoms with Crippen LogP contribution in [0.4, 0.5) is 0 Å². The first kappa shape index (κ1) is 20.1. The van der Waals surface area contributed by atoms with E-state index in [9.17, 15) is 4.79 Å². The Labute approximate surface area is 170 Å². The lowest BCUT2D eigenvalue weighted by Gasteiger charge is -2.12. The van der Waals surface area contributed by atoms with Gasteiger partial charge in [0.15, 0.2) is 6.61 Å². The average Bonchev–Trinajstić information content (AvgIpc) is 3.13. The third-order valence-corrected chi connectivity index (χ3v) is 5.40. The lowest BCUT2D eigenvalue weighted by atomic mass is 10.0. The van der Waals surface area contributed by atoms with Crippen LogP contribution in [-0.4, -0.2) is 24.0 Å². The monoisotopic (exact) mass is 394 g/mol. The highest BCUT2D eigenvalue weighted by Gasteiger charge is 2.07. The molecule has 0 atom stereocenters. The first-order chi connectivity index (χ1) is 13.7. The smallest absolute Gasteiger partial charge is 0.257 e. The molecule has 0 bridgehead atoms. The summed E-state index contributed by atoms with van der Waals surface area (Å²) >= 11 is 1.70. The van der Waals surface area contributed by atoms with Crippen molar-refractivity contribution >= 4 is 17.2 Å². The topological polar surface area (TPSA) is 51.2 Å². The van der Waals surface area contributed by atoms with Gasteiger partial charge in [-0.25, -0.2) is 4.98 Å². The number of hydrogen-bond acceptors (Lipinski definition) is 4. The van der Waals surface area contributed by atoms with Crippen LogP contribution in [0.1, 0.15) is 34.7 Å². The molecular formula is C23H26N2O2S. The molecule has 0 aliphatic heterocycles. The number of nitrogens with zero attached hydrogens (tertiary/aromatic N) is 1. The maximum absolute atomic E-state index is 12.1. The van der Waals surface area contributed by atoms with E-state index in [1.807, 2.05) is 49.4 Å². The number of carbonyl (C=O) groups excluding carboxylic acids is 1. The van der Waals surface area contributed by atoms with E-state index in [4.69, 9.17) is 4.74 Å². The second-order valence-electron chi connectivity index (χ2n) is 6.75. The van der Waals surface area contributed by atoms with Crippen molar-refractivity contribution in [2.45, 2.75) is 32.6 Å². The van der Waals surface area contributed by atoms with Crippen LogP contribution in [0, 0.1) is 6.92 Å². The van der Waals surface area contributed by atoms with Crippen LogP contribution in [0.2, 0.25) is 0 Å². The number of thiazole rings is 1. The Kier molecular flexibility index (Phi) is 7.62. The van der Waals surface area contributed by atoms with Gasteiger partial charge in [-0.3, -0.25) is 4.79 Å². The SMILES string of the molecule is Cc1csc(CCCCNC(=O)COc2ccccc2Cc2ccccc2)n1. The number of carbonyl (C=O) groups is 1. The van der Waals surface area contributed by atoms with Gasteiger partial charge in [-0.05, 0) is 43.4 Å². The number of para-hydroxylation sites is 1. The summed E-state index contributed by atoms with van der Waals surface area (Å²) in [5.41, 5.74) is 3.39. The Morgan fingerprint density at radius 1 is 1.07 bits per heavy atom. The number of nitrogens with one attached hydrogen (secondary N) is 1. The van der Waals surface area contributed by atoms with Gasteiger partial charge in [0.05, 0.1) is 5.01 Å². The van der Waals surface area contributed by atoms with Crippen molar-refractivity contribution in [2.24, 2.45) is 0 Å². The zero-order valence-corrected chi connectivity index (χ0v) is 17.0. The van der Waals surface area contributed by atoms with Crippen LogP contribution < -0.4 is 10.1 Å². The summed E-state index contributed by atoms with van der Waals surface area (Å²) in [4.78, 5) is 16.5. The minimum Gasteiger partial charge on any atom is -0.483 e. The lowest BCUT2D eigenvalue weighted by molar-refractivity contribution is -0.123. The van der Waals surface area contributed by atoms with Crippen LogP contribution in [0.15, 0.2) is 60.0 Å². The van der Waals surface area contributed by atoms with Crippen LogP contribution in [0.3, 0.4) is 0 Å². The fourth-order valence-corrected chi connectivity index (χ4v) is 3.77. The molecule has 28 heavy (non-hydrogen) atoms. The summed E-state index contributed by atoms with van der Waals surface area (Å²) in [6.07, 6.45) is 3.72. The van der Waals surface area contributed by atoms with E-state index in [2.05, 4.69) is 27.8 Å². The zero-order chi connectivity index (χ0) is 19.6. The normalized spacial score (nSPS) is 10.6. The summed E-state index contributed by atoms with van der Waals surface area (Å²) < 4.78 is 5.78. The summed E-state index contributed by atoms with van der Waals surface area (Å²) in [7, 11) is 0. The number of aromatic nitrogens is 1. The summed E-state index contributed by atoms with van der Waals surface area (Å²) in [6, 6.07) is 18.1. The first-order valence-corrected chi connectivity index (χ1v) is 10.5. The largest absolute Gasteiger partial charge is 0.483 e. The van der Waals surface area contributed by atoms with E-state index >= 15 is 0 Å². The Balaban J connectivity index is 1.38. The molecule has 0 unspecified atom stereocenters. The van der Waals surface area contributed by atoms with Crippen molar-refractivity contribution in [2.75, 3.05) is 13.2 Å². The van der Waals surface area contributed by atoms with Gasteiger partial charge >= 0.3 is 0 Å². The van der Waals surface area contributed by atoms with Gasteiger partial charge in [0.2, 0.25) is 0 Å². The molecule has 0 spiro atoms. The third kappa shape index (κ3) is 6.50. The van der Waals surface area contributed by atoms with E-state index in [0.717, 1.165) is 42.7 Å². The number of aryl methyl sites for hydroxylation is 2. The molecule has 1 heterocycles. The highest BCUT2D eigenvalue weighted by molar-refractivity contribution is 7.09. The maximum Gasteiger partial charge on any atom is 0.257 e. The van der Waals surface area contributed by atoms with E-state index in [1.54, 1.807) is 11.3 Å². The van der Waals surface area contributed by atoms with Crippen molar-refractivity contribution in [1.29, 1.82) is 0 Å². The first-order valence-electron chi connectivity index (χ1n) is 9.63. The average molecular weight is 395 g/mol. The molecule has 146 valence electrons. The van der Waals surface area contributed by atoms with Gasteiger partial charge in [0, 0.05) is 24.0 Å². The number of rotatable bonds is 10. The molecule has 3 rings (SSSR count). The van der Waals surface area contributed by atoms with Crippen molar-refractivity contribution in [3.8, 4) is 5.75 Å². The minimum absolute atomic E-state index is 0.0392. The highest BCUT2D eigenvalue weighted by atomic mass is 32.1. The van der Waals surface area contributed by atoms with Gasteiger partial charge in [0.1, 0.15) is 5.75 Å². The Bertz CT molecular complexity index is 877. The van der Waals surface area contributed by atoms with Gasteiger partial charge in [-0.2, -0.15) is 0 Å². The lowest BCUT2D eigenvalue weighted by Crippen LogP contribution is -2.29.